The van der Waals surface area contributed by atoms with E-state index in [0.29, 0.717) is 17.5 Å². The van der Waals surface area contributed by atoms with Gasteiger partial charge in [-0.25, -0.2) is 13.6 Å². The molecule has 0 unspecified atom stereocenters. The summed E-state index contributed by atoms with van der Waals surface area (Å²) >= 11 is 0. The van der Waals surface area contributed by atoms with Crippen LogP contribution in [0.25, 0.3) is 0 Å². The molecule has 0 spiro atoms. The first-order valence-corrected chi connectivity index (χ1v) is 8.82. The predicted molar refractivity (Wildman–Crippen MR) is 98.4 cm³/mol. The number of carbonyl (C=O) groups excluding carboxylic acids is 2. The quantitative estimate of drug-likeness (QED) is 0.771. The molecular weight excluding hydrogens is 386 g/mol. The van der Waals surface area contributed by atoms with Gasteiger partial charge in [-0.3, -0.25) is 9.59 Å². The van der Waals surface area contributed by atoms with Crippen LogP contribution in [0.4, 0.5) is 14.5 Å². The number of ether oxygens (including phenoxy) is 1. The second kappa shape index (κ2) is 8.26. The Morgan fingerprint density at radius 1 is 1.24 bits per heavy atom. The monoisotopic (exact) mass is 404 g/mol. The molecule has 2 amide bonds. The number of hydrogen-bond donors (Lipinski definition) is 2. The molecule has 0 aromatic heterocycles. The van der Waals surface area contributed by atoms with Gasteiger partial charge in [0.15, 0.2) is 12.1 Å². The number of benzene rings is 2. The fourth-order valence-electron chi connectivity index (χ4n) is 3.04. The Morgan fingerprint density at radius 2 is 1.97 bits per heavy atom. The number of amides is 2. The third-order valence-electron chi connectivity index (χ3n) is 4.46. The van der Waals surface area contributed by atoms with Crippen LogP contribution >= 0.6 is 0 Å². The van der Waals surface area contributed by atoms with E-state index in [2.05, 4.69) is 5.32 Å². The summed E-state index contributed by atoms with van der Waals surface area (Å²) < 4.78 is 32.5. The van der Waals surface area contributed by atoms with Crippen LogP contribution in [0.15, 0.2) is 42.5 Å². The second-order valence-electron chi connectivity index (χ2n) is 6.47. The number of halogens is 2. The second-order valence-corrected chi connectivity index (χ2v) is 6.47. The van der Waals surface area contributed by atoms with E-state index < -0.39 is 35.7 Å². The van der Waals surface area contributed by atoms with Gasteiger partial charge in [-0.15, -0.1) is 0 Å². The minimum atomic E-state index is -1.69. The van der Waals surface area contributed by atoms with Crippen molar-refractivity contribution in [3.63, 3.8) is 0 Å². The van der Waals surface area contributed by atoms with Crippen molar-refractivity contribution in [2.75, 3.05) is 11.4 Å². The molecule has 2 aromatic rings. The number of fused-ring (bicyclic) bond motifs is 1. The van der Waals surface area contributed by atoms with Crippen LogP contribution in [0.1, 0.15) is 24.9 Å². The standard InChI is InChI=1S/C20H18F2N2O5/c1-11-19(26)24(15-4-2-3-5-16(15)29-11)9-8-17(25)23-18(20(27)28)13-7-6-12(21)10-14(13)22/h2-7,10-11,18H,8-9H2,1H3,(H,23,25)(H,27,28)/t11-,18-/m0/s1. The first-order chi connectivity index (χ1) is 13.8. The molecule has 1 heterocycles. The highest BCUT2D eigenvalue weighted by Crippen LogP contribution is 2.33. The summed E-state index contributed by atoms with van der Waals surface area (Å²) in [5.41, 5.74) is 0.136. The molecule has 1 aliphatic heterocycles. The summed E-state index contributed by atoms with van der Waals surface area (Å²) in [6, 6.07) is 7.57. The molecule has 7 nitrogen and oxygen atoms in total. The Morgan fingerprint density at radius 3 is 2.66 bits per heavy atom. The molecule has 0 fully saturated rings. The van der Waals surface area contributed by atoms with Gasteiger partial charge in [0.25, 0.3) is 5.91 Å². The Bertz CT molecular complexity index is 966. The molecule has 0 bridgehead atoms. The zero-order valence-electron chi connectivity index (χ0n) is 15.4. The third-order valence-corrected chi connectivity index (χ3v) is 4.46. The number of rotatable bonds is 6. The van der Waals surface area contributed by atoms with E-state index in [4.69, 9.17) is 4.74 Å². The highest BCUT2D eigenvalue weighted by molar-refractivity contribution is 6.00. The van der Waals surface area contributed by atoms with E-state index in [0.717, 1.165) is 12.1 Å². The third kappa shape index (κ3) is 4.34. The highest BCUT2D eigenvalue weighted by Gasteiger charge is 2.32. The molecule has 2 N–H and O–H groups in total. The Hall–Kier alpha value is -3.49. The van der Waals surface area contributed by atoms with Crippen molar-refractivity contribution in [3.05, 3.63) is 59.7 Å². The van der Waals surface area contributed by atoms with Crippen molar-refractivity contribution in [1.82, 2.24) is 5.32 Å². The SMILES string of the molecule is C[C@@H]1Oc2ccccc2N(CCC(=O)N[C@H](C(=O)O)c2ccc(F)cc2F)C1=O. The summed E-state index contributed by atoms with van der Waals surface area (Å²) in [5, 5.41) is 11.5. The summed E-state index contributed by atoms with van der Waals surface area (Å²) in [5.74, 6) is -3.98. The topological polar surface area (TPSA) is 95.9 Å². The van der Waals surface area contributed by atoms with Crippen molar-refractivity contribution in [2.45, 2.75) is 25.5 Å². The van der Waals surface area contributed by atoms with Gasteiger partial charge in [-0.2, -0.15) is 0 Å². The number of para-hydroxylation sites is 2. The van der Waals surface area contributed by atoms with Crippen LogP contribution in [-0.2, 0) is 14.4 Å². The van der Waals surface area contributed by atoms with Crippen LogP contribution in [-0.4, -0.2) is 35.5 Å². The molecule has 1 aliphatic rings. The van der Waals surface area contributed by atoms with Gasteiger partial charge >= 0.3 is 5.97 Å². The molecule has 0 saturated carbocycles. The van der Waals surface area contributed by atoms with Gasteiger partial charge in [0.2, 0.25) is 5.91 Å². The Labute approximate surface area is 164 Å². The molecular formula is C20H18F2N2O5. The van der Waals surface area contributed by atoms with Crippen LogP contribution in [0.5, 0.6) is 5.75 Å². The van der Waals surface area contributed by atoms with Gasteiger partial charge in [0, 0.05) is 24.6 Å². The van der Waals surface area contributed by atoms with Crippen LogP contribution in [0, 0.1) is 11.6 Å². The Balaban J connectivity index is 1.71. The van der Waals surface area contributed by atoms with E-state index in [9.17, 15) is 28.3 Å². The lowest BCUT2D eigenvalue weighted by molar-refractivity contribution is -0.142. The number of nitrogens with zero attached hydrogens (tertiary/aromatic N) is 1. The molecule has 2 aromatic carbocycles. The fraction of sp³-hybridized carbons (Fsp3) is 0.250. The summed E-state index contributed by atoms with van der Waals surface area (Å²) in [6.45, 7) is 1.57. The molecule has 152 valence electrons. The number of carboxylic acid groups (broad SMARTS) is 1. The van der Waals surface area contributed by atoms with Crippen LogP contribution in [0.3, 0.4) is 0 Å². The zero-order chi connectivity index (χ0) is 21.1. The van der Waals surface area contributed by atoms with Gasteiger partial charge in [-0.1, -0.05) is 18.2 Å². The Kier molecular flexibility index (Phi) is 5.76. The molecule has 0 radical (unpaired) electrons. The smallest absolute Gasteiger partial charge is 0.331 e. The van der Waals surface area contributed by atoms with E-state index >= 15 is 0 Å². The summed E-state index contributed by atoms with van der Waals surface area (Å²) in [7, 11) is 0. The molecule has 2 atom stereocenters. The van der Waals surface area contributed by atoms with Gasteiger partial charge < -0.3 is 20.1 Å². The van der Waals surface area contributed by atoms with Gasteiger partial charge in [0.1, 0.15) is 17.4 Å². The lowest BCUT2D eigenvalue weighted by Gasteiger charge is -2.32. The fourth-order valence-corrected chi connectivity index (χ4v) is 3.04. The number of carboxylic acids is 1. The lowest BCUT2D eigenvalue weighted by atomic mass is 10.1. The van der Waals surface area contributed by atoms with Gasteiger partial charge in [-0.05, 0) is 25.1 Å². The van der Waals surface area contributed by atoms with E-state index in [1.807, 2.05) is 0 Å². The van der Waals surface area contributed by atoms with Crippen molar-refractivity contribution in [2.24, 2.45) is 0 Å². The molecule has 29 heavy (non-hydrogen) atoms. The minimum Gasteiger partial charge on any atom is -0.479 e. The summed E-state index contributed by atoms with van der Waals surface area (Å²) in [6.07, 6.45) is -0.951. The maximum atomic E-state index is 13.9. The van der Waals surface area contributed by atoms with Crippen molar-refractivity contribution in [3.8, 4) is 5.75 Å². The number of hydrogen-bond acceptors (Lipinski definition) is 4. The molecule has 0 aliphatic carbocycles. The van der Waals surface area contributed by atoms with E-state index in [1.165, 1.54) is 4.90 Å². The van der Waals surface area contributed by atoms with Crippen LogP contribution in [0.2, 0.25) is 0 Å². The normalized spacial score (nSPS) is 16.6. The molecule has 3 rings (SSSR count). The van der Waals surface area contributed by atoms with E-state index in [-0.39, 0.29) is 24.4 Å². The number of nitrogens with one attached hydrogen (secondary N) is 1. The first-order valence-electron chi connectivity index (χ1n) is 8.82. The van der Waals surface area contributed by atoms with Crippen molar-refractivity contribution in [1.29, 1.82) is 0 Å². The minimum absolute atomic E-state index is 0.0202. The average molecular weight is 404 g/mol. The number of aliphatic carboxylic acids is 1. The average Bonchev–Trinajstić information content (AvgIpc) is 2.67. The van der Waals surface area contributed by atoms with Crippen molar-refractivity contribution < 1.29 is 33.0 Å². The van der Waals surface area contributed by atoms with Gasteiger partial charge in [0.05, 0.1) is 5.69 Å². The molecule has 0 saturated heterocycles. The zero-order valence-corrected chi connectivity index (χ0v) is 15.4. The maximum absolute atomic E-state index is 13.9. The summed E-state index contributed by atoms with van der Waals surface area (Å²) in [4.78, 5) is 37.6. The molecule has 9 heteroatoms. The number of carbonyl (C=O) groups is 3. The number of anilines is 1. The largest absolute Gasteiger partial charge is 0.479 e. The van der Waals surface area contributed by atoms with E-state index in [1.54, 1.807) is 31.2 Å². The lowest BCUT2D eigenvalue weighted by Crippen LogP contribution is -2.46. The predicted octanol–water partition coefficient (Wildman–Crippen LogP) is 2.41. The highest BCUT2D eigenvalue weighted by atomic mass is 19.1. The van der Waals surface area contributed by atoms with Crippen molar-refractivity contribution >= 4 is 23.5 Å². The van der Waals surface area contributed by atoms with Crippen LogP contribution < -0.4 is 15.0 Å². The maximum Gasteiger partial charge on any atom is 0.331 e. The first kappa shape index (κ1) is 20.2.